The summed E-state index contributed by atoms with van der Waals surface area (Å²) in [4.78, 5) is 33.2. The SMILES string of the molecule is Cc1nn(C)c(C)c1S(=O)(=O)Nc1ccc(F)c(-n2c(=O)c3cnc(N)nc3n(C)c2=O)c1F. The summed E-state index contributed by atoms with van der Waals surface area (Å²) in [5, 5.41) is 3.79. The molecule has 0 atom stereocenters. The highest BCUT2D eigenvalue weighted by molar-refractivity contribution is 7.92. The van der Waals surface area contributed by atoms with Gasteiger partial charge in [-0.1, -0.05) is 0 Å². The number of nitrogens with zero attached hydrogens (tertiary/aromatic N) is 6. The number of hydrogen-bond donors (Lipinski definition) is 2. The highest BCUT2D eigenvalue weighted by atomic mass is 32.2. The number of rotatable bonds is 4. The molecule has 0 spiro atoms. The lowest BCUT2D eigenvalue weighted by Gasteiger charge is -2.15. The smallest absolute Gasteiger partial charge is 0.337 e. The molecule has 0 radical (unpaired) electrons. The fourth-order valence-electron chi connectivity index (χ4n) is 3.60. The van der Waals surface area contributed by atoms with Crippen LogP contribution >= 0.6 is 0 Å². The zero-order valence-electron chi connectivity index (χ0n) is 18.3. The highest BCUT2D eigenvalue weighted by Crippen LogP contribution is 2.27. The van der Waals surface area contributed by atoms with E-state index in [1.165, 1.54) is 32.6 Å². The first-order valence-electron chi connectivity index (χ1n) is 9.60. The van der Waals surface area contributed by atoms with Gasteiger partial charge in [0.2, 0.25) is 5.95 Å². The van der Waals surface area contributed by atoms with Crippen LogP contribution in [0.1, 0.15) is 11.4 Å². The molecule has 3 aromatic heterocycles. The van der Waals surface area contributed by atoms with Crippen LogP contribution in [-0.2, 0) is 24.1 Å². The van der Waals surface area contributed by atoms with Crippen LogP contribution in [-0.4, -0.2) is 37.3 Å². The number of benzene rings is 1. The zero-order valence-corrected chi connectivity index (χ0v) is 19.1. The van der Waals surface area contributed by atoms with Gasteiger partial charge in [0.15, 0.2) is 17.3 Å². The Labute approximate surface area is 190 Å². The topological polar surface area (TPSA) is 160 Å². The van der Waals surface area contributed by atoms with Gasteiger partial charge in [-0.05, 0) is 26.0 Å². The number of nitrogens with two attached hydrogens (primary N) is 1. The molecule has 34 heavy (non-hydrogen) atoms. The fraction of sp³-hybridized carbons (Fsp3) is 0.211. The molecule has 0 unspecified atom stereocenters. The zero-order chi connectivity index (χ0) is 25.1. The van der Waals surface area contributed by atoms with Crippen LogP contribution in [0.5, 0.6) is 0 Å². The van der Waals surface area contributed by atoms with Gasteiger partial charge in [-0.2, -0.15) is 10.1 Å². The predicted octanol–water partition coefficient (Wildman–Crippen LogP) is 0.491. The summed E-state index contributed by atoms with van der Waals surface area (Å²) in [7, 11) is -1.59. The van der Waals surface area contributed by atoms with Gasteiger partial charge >= 0.3 is 5.69 Å². The predicted molar refractivity (Wildman–Crippen MR) is 118 cm³/mol. The molecule has 4 rings (SSSR count). The van der Waals surface area contributed by atoms with E-state index in [9.17, 15) is 22.4 Å². The van der Waals surface area contributed by atoms with E-state index >= 15 is 4.39 Å². The molecule has 0 saturated heterocycles. The van der Waals surface area contributed by atoms with Crippen molar-refractivity contribution in [1.82, 2.24) is 28.9 Å². The molecule has 0 aliphatic carbocycles. The van der Waals surface area contributed by atoms with E-state index < -0.39 is 44.3 Å². The van der Waals surface area contributed by atoms with Crippen LogP contribution < -0.4 is 21.7 Å². The number of aryl methyl sites for hydroxylation is 3. The van der Waals surface area contributed by atoms with Gasteiger partial charge in [-0.15, -0.1) is 0 Å². The van der Waals surface area contributed by atoms with Crippen LogP contribution in [0.2, 0.25) is 0 Å². The number of nitrogens with one attached hydrogen (secondary N) is 1. The van der Waals surface area contributed by atoms with Crippen molar-refractivity contribution in [3.05, 3.63) is 62.2 Å². The van der Waals surface area contributed by atoms with E-state index in [0.717, 1.165) is 22.9 Å². The van der Waals surface area contributed by atoms with Crippen molar-refractivity contribution in [2.75, 3.05) is 10.5 Å². The van der Waals surface area contributed by atoms with Gasteiger partial charge in [-0.25, -0.2) is 31.5 Å². The molecule has 0 amide bonds. The maximum absolute atomic E-state index is 15.5. The minimum Gasteiger partial charge on any atom is -0.368 e. The average Bonchev–Trinajstić information content (AvgIpc) is 3.02. The summed E-state index contributed by atoms with van der Waals surface area (Å²) in [6, 6.07) is 1.57. The molecule has 15 heteroatoms. The van der Waals surface area contributed by atoms with Gasteiger partial charge in [-0.3, -0.25) is 18.8 Å². The van der Waals surface area contributed by atoms with E-state index in [0.29, 0.717) is 0 Å². The van der Waals surface area contributed by atoms with E-state index in [1.54, 1.807) is 0 Å². The van der Waals surface area contributed by atoms with Gasteiger partial charge in [0.25, 0.3) is 15.6 Å². The van der Waals surface area contributed by atoms with Gasteiger partial charge in [0.05, 0.1) is 17.1 Å². The summed E-state index contributed by atoms with van der Waals surface area (Å²) in [5.41, 5.74) is 1.81. The third-order valence-electron chi connectivity index (χ3n) is 5.26. The Morgan fingerprint density at radius 3 is 2.41 bits per heavy atom. The molecule has 0 bridgehead atoms. The van der Waals surface area contributed by atoms with Crippen LogP contribution in [0.15, 0.2) is 32.8 Å². The van der Waals surface area contributed by atoms with E-state index in [-0.39, 0.29) is 37.8 Å². The third-order valence-corrected chi connectivity index (χ3v) is 6.88. The summed E-state index contributed by atoms with van der Waals surface area (Å²) in [6.45, 7) is 2.97. The lowest BCUT2D eigenvalue weighted by Crippen LogP contribution is -2.39. The second-order valence-electron chi connectivity index (χ2n) is 7.43. The summed E-state index contributed by atoms with van der Waals surface area (Å²) < 4.78 is 60.6. The monoisotopic (exact) mass is 492 g/mol. The average molecular weight is 492 g/mol. The maximum Gasteiger partial charge on any atom is 0.337 e. The number of nitrogen functional groups attached to an aromatic ring is 1. The molecule has 0 fully saturated rings. The molecule has 0 saturated carbocycles. The number of anilines is 2. The van der Waals surface area contributed by atoms with Crippen molar-refractivity contribution in [1.29, 1.82) is 0 Å². The lowest BCUT2D eigenvalue weighted by atomic mass is 10.2. The molecule has 3 N–H and O–H groups in total. The van der Waals surface area contributed by atoms with E-state index in [4.69, 9.17) is 5.73 Å². The molecule has 3 heterocycles. The van der Waals surface area contributed by atoms with Crippen LogP contribution in [0.25, 0.3) is 16.7 Å². The minimum atomic E-state index is -4.36. The largest absolute Gasteiger partial charge is 0.368 e. The first-order valence-corrected chi connectivity index (χ1v) is 11.1. The molecular formula is C19H18F2N8O4S. The van der Waals surface area contributed by atoms with Crippen molar-refractivity contribution in [3.63, 3.8) is 0 Å². The second kappa shape index (κ2) is 7.72. The van der Waals surface area contributed by atoms with Gasteiger partial charge in [0.1, 0.15) is 16.0 Å². The van der Waals surface area contributed by atoms with Crippen molar-refractivity contribution < 1.29 is 17.2 Å². The maximum atomic E-state index is 15.5. The Kier molecular flexibility index (Phi) is 5.23. The molecule has 4 aromatic rings. The first-order chi connectivity index (χ1) is 15.8. The molecular weight excluding hydrogens is 474 g/mol. The third kappa shape index (κ3) is 3.40. The number of fused-ring (bicyclic) bond motifs is 1. The lowest BCUT2D eigenvalue weighted by molar-refractivity contribution is 0.560. The van der Waals surface area contributed by atoms with E-state index in [1.807, 2.05) is 4.72 Å². The summed E-state index contributed by atoms with van der Waals surface area (Å²) >= 11 is 0. The number of halogens is 2. The van der Waals surface area contributed by atoms with E-state index in [2.05, 4.69) is 15.1 Å². The molecule has 12 nitrogen and oxygen atoms in total. The Morgan fingerprint density at radius 1 is 1.12 bits per heavy atom. The molecule has 0 aliphatic rings. The van der Waals surface area contributed by atoms with Crippen LogP contribution in [0.3, 0.4) is 0 Å². The van der Waals surface area contributed by atoms with Gasteiger partial charge < -0.3 is 5.73 Å². The minimum absolute atomic E-state index is 0.140. The molecule has 178 valence electrons. The van der Waals surface area contributed by atoms with Gasteiger partial charge in [0, 0.05) is 20.3 Å². The van der Waals surface area contributed by atoms with Crippen LogP contribution in [0, 0.1) is 25.5 Å². The fourth-order valence-corrected chi connectivity index (χ4v) is 5.10. The number of sulfonamides is 1. The molecule has 1 aromatic carbocycles. The van der Waals surface area contributed by atoms with Crippen molar-refractivity contribution in [2.45, 2.75) is 18.7 Å². The second-order valence-corrected chi connectivity index (χ2v) is 9.05. The van der Waals surface area contributed by atoms with Crippen molar-refractivity contribution >= 4 is 32.7 Å². The Bertz CT molecular complexity index is 1720. The molecule has 0 aliphatic heterocycles. The quantitative estimate of drug-likeness (QED) is 0.416. The highest BCUT2D eigenvalue weighted by Gasteiger charge is 2.28. The Hall–Kier alpha value is -4.14. The van der Waals surface area contributed by atoms with Crippen molar-refractivity contribution in [2.24, 2.45) is 14.1 Å². The Balaban J connectivity index is 1.95. The summed E-state index contributed by atoms with van der Waals surface area (Å²) in [5.74, 6) is -2.96. The first kappa shape index (κ1) is 23.0. The summed E-state index contributed by atoms with van der Waals surface area (Å²) in [6.07, 6.45) is 1.02. The van der Waals surface area contributed by atoms with Crippen LogP contribution in [0.4, 0.5) is 20.4 Å². The number of hydrogen-bond acceptors (Lipinski definition) is 8. The number of aromatic nitrogens is 6. The van der Waals surface area contributed by atoms with Crippen molar-refractivity contribution in [3.8, 4) is 5.69 Å². The standard InChI is InChI=1S/C19H18F2N8O4S/c1-8-15(9(2)28(4)25-8)34(32,33)26-12-6-5-11(20)14(13(12)21)29-17(30)10-7-23-18(22)24-16(10)27(3)19(29)31/h5-7,26H,1-4H3,(H2,22,23,24). The normalized spacial score (nSPS) is 11.8. The Morgan fingerprint density at radius 2 is 1.79 bits per heavy atom.